The van der Waals surface area contributed by atoms with Crippen molar-refractivity contribution in [2.45, 2.75) is 19.3 Å². The molecule has 0 unspecified atom stereocenters. The number of fused-ring (bicyclic) bond motifs is 9. The van der Waals surface area contributed by atoms with Gasteiger partial charge in [0, 0.05) is 22.5 Å². The van der Waals surface area contributed by atoms with E-state index in [9.17, 15) is 0 Å². The first-order chi connectivity index (χ1) is 24.5. The second-order valence-corrected chi connectivity index (χ2v) is 14.2. The van der Waals surface area contributed by atoms with Crippen LogP contribution in [0.15, 0.2) is 176 Å². The summed E-state index contributed by atoms with van der Waals surface area (Å²) < 4.78 is 0. The summed E-state index contributed by atoms with van der Waals surface area (Å²) in [6.45, 7) is 4.69. The van der Waals surface area contributed by atoms with E-state index in [0.29, 0.717) is 0 Å². The Morgan fingerprint density at radius 2 is 0.880 bits per heavy atom. The number of hydrogen-bond acceptors (Lipinski definition) is 1. The van der Waals surface area contributed by atoms with E-state index < -0.39 is 0 Å². The molecule has 0 atom stereocenters. The molecule has 0 amide bonds. The van der Waals surface area contributed by atoms with E-state index in [1.54, 1.807) is 0 Å². The van der Waals surface area contributed by atoms with Crippen LogP contribution in [0.2, 0.25) is 0 Å². The molecule has 50 heavy (non-hydrogen) atoms. The molecule has 1 aliphatic carbocycles. The number of rotatable bonds is 4. The molecule has 0 radical (unpaired) electrons. The summed E-state index contributed by atoms with van der Waals surface area (Å²) in [5, 5.41) is 10.2. The van der Waals surface area contributed by atoms with Crippen LogP contribution in [0.5, 0.6) is 0 Å². The monoisotopic (exact) mass is 637 g/mol. The zero-order valence-corrected chi connectivity index (χ0v) is 28.2. The molecule has 236 valence electrons. The third-order valence-electron chi connectivity index (χ3n) is 11.0. The summed E-state index contributed by atoms with van der Waals surface area (Å²) in [5.74, 6) is 0. The van der Waals surface area contributed by atoms with Gasteiger partial charge in [-0.1, -0.05) is 153 Å². The Morgan fingerprint density at radius 1 is 0.340 bits per heavy atom. The molecule has 0 N–H and O–H groups in total. The lowest BCUT2D eigenvalue weighted by atomic mass is 9.82. The molecule has 0 heterocycles. The van der Waals surface area contributed by atoms with Crippen LogP contribution >= 0.6 is 0 Å². The summed E-state index contributed by atoms with van der Waals surface area (Å²) >= 11 is 0. The Balaban J connectivity index is 1.18. The molecule has 9 aromatic rings. The van der Waals surface area contributed by atoms with Crippen molar-refractivity contribution in [2.75, 3.05) is 4.90 Å². The van der Waals surface area contributed by atoms with E-state index in [2.05, 4.69) is 195 Å². The van der Waals surface area contributed by atoms with E-state index in [1.807, 2.05) is 0 Å². The molecule has 1 nitrogen and oxygen atoms in total. The van der Waals surface area contributed by atoms with Crippen LogP contribution in [0.3, 0.4) is 0 Å². The summed E-state index contributed by atoms with van der Waals surface area (Å²) in [6, 6.07) is 65.0. The Hall–Kier alpha value is -6.18. The summed E-state index contributed by atoms with van der Waals surface area (Å²) in [7, 11) is 0. The Bertz CT molecular complexity index is 2780. The van der Waals surface area contributed by atoms with Crippen molar-refractivity contribution in [3.05, 3.63) is 187 Å². The highest BCUT2D eigenvalue weighted by Gasteiger charge is 2.35. The molecular formula is C49H35N. The molecule has 1 aliphatic rings. The predicted molar refractivity (Wildman–Crippen MR) is 214 cm³/mol. The predicted octanol–water partition coefficient (Wildman–Crippen LogP) is 13.7. The first kappa shape index (κ1) is 28.8. The summed E-state index contributed by atoms with van der Waals surface area (Å²) in [5.41, 5.74) is 11.3. The average Bonchev–Trinajstić information content (AvgIpc) is 3.40. The van der Waals surface area contributed by atoms with E-state index in [0.717, 1.165) is 17.1 Å². The van der Waals surface area contributed by atoms with Crippen molar-refractivity contribution in [1.29, 1.82) is 0 Å². The van der Waals surface area contributed by atoms with Crippen molar-refractivity contribution in [3.8, 4) is 22.3 Å². The molecular weight excluding hydrogens is 603 g/mol. The normalized spacial score (nSPS) is 13.2. The van der Waals surface area contributed by atoms with Gasteiger partial charge in [-0.05, 0) is 113 Å². The minimum absolute atomic E-state index is 0.0416. The third kappa shape index (κ3) is 4.33. The fourth-order valence-corrected chi connectivity index (χ4v) is 8.51. The lowest BCUT2D eigenvalue weighted by Crippen LogP contribution is -2.15. The molecule has 0 bridgehead atoms. The van der Waals surface area contributed by atoms with Gasteiger partial charge in [-0.25, -0.2) is 0 Å². The van der Waals surface area contributed by atoms with Gasteiger partial charge in [-0.2, -0.15) is 0 Å². The van der Waals surface area contributed by atoms with Crippen molar-refractivity contribution in [2.24, 2.45) is 0 Å². The zero-order valence-electron chi connectivity index (χ0n) is 28.2. The van der Waals surface area contributed by atoms with Gasteiger partial charge in [0.05, 0.1) is 0 Å². The second-order valence-electron chi connectivity index (χ2n) is 14.2. The molecule has 0 saturated carbocycles. The maximum atomic E-state index is 2.43. The van der Waals surface area contributed by atoms with E-state index in [4.69, 9.17) is 0 Å². The minimum atomic E-state index is -0.0416. The quantitative estimate of drug-likeness (QED) is 0.174. The molecule has 0 spiro atoms. The van der Waals surface area contributed by atoms with Crippen molar-refractivity contribution in [1.82, 2.24) is 0 Å². The van der Waals surface area contributed by atoms with Gasteiger partial charge in [0.15, 0.2) is 0 Å². The maximum absolute atomic E-state index is 2.43. The molecule has 0 saturated heterocycles. The second kappa shape index (κ2) is 10.9. The van der Waals surface area contributed by atoms with E-state index >= 15 is 0 Å². The van der Waals surface area contributed by atoms with Crippen LogP contribution in [-0.2, 0) is 5.41 Å². The zero-order chi connectivity index (χ0) is 33.4. The van der Waals surface area contributed by atoms with E-state index in [1.165, 1.54) is 76.5 Å². The van der Waals surface area contributed by atoms with Crippen LogP contribution < -0.4 is 4.90 Å². The van der Waals surface area contributed by atoms with Crippen LogP contribution in [0.4, 0.5) is 17.1 Å². The molecule has 1 heteroatoms. The van der Waals surface area contributed by atoms with Gasteiger partial charge in [-0.15, -0.1) is 0 Å². The summed E-state index contributed by atoms with van der Waals surface area (Å²) in [4.78, 5) is 2.43. The highest BCUT2D eigenvalue weighted by molar-refractivity contribution is 6.18. The lowest BCUT2D eigenvalue weighted by molar-refractivity contribution is 0.660. The highest BCUT2D eigenvalue weighted by Crippen LogP contribution is 2.51. The van der Waals surface area contributed by atoms with Crippen molar-refractivity contribution < 1.29 is 0 Å². The van der Waals surface area contributed by atoms with Gasteiger partial charge >= 0.3 is 0 Å². The van der Waals surface area contributed by atoms with Crippen molar-refractivity contribution >= 4 is 60.2 Å². The first-order valence-corrected chi connectivity index (χ1v) is 17.5. The molecule has 0 aliphatic heterocycles. The Kier molecular flexibility index (Phi) is 6.29. The number of anilines is 3. The molecule has 0 fully saturated rings. The van der Waals surface area contributed by atoms with Crippen LogP contribution in [0.25, 0.3) is 65.3 Å². The highest BCUT2D eigenvalue weighted by atomic mass is 15.1. The van der Waals surface area contributed by atoms with Crippen LogP contribution in [0, 0.1) is 0 Å². The summed E-state index contributed by atoms with van der Waals surface area (Å²) in [6.07, 6.45) is 0. The van der Waals surface area contributed by atoms with Gasteiger partial charge < -0.3 is 4.90 Å². The Morgan fingerprint density at radius 3 is 1.70 bits per heavy atom. The SMILES string of the molecule is CC1(C)c2ccccc2-c2cc(N(c3ccc(-c4cccc5ccccc45)cc3)c3ccc4ccc5c6ccccc6ccc5c4c3)ccc21. The van der Waals surface area contributed by atoms with E-state index in [-0.39, 0.29) is 5.41 Å². The van der Waals surface area contributed by atoms with Gasteiger partial charge in [0.2, 0.25) is 0 Å². The fourth-order valence-electron chi connectivity index (χ4n) is 8.51. The lowest BCUT2D eigenvalue weighted by Gasteiger charge is -2.28. The average molecular weight is 638 g/mol. The van der Waals surface area contributed by atoms with Crippen LogP contribution in [0.1, 0.15) is 25.0 Å². The smallest absolute Gasteiger partial charge is 0.0468 e. The van der Waals surface area contributed by atoms with Crippen molar-refractivity contribution in [3.63, 3.8) is 0 Å². The number of benzene rings is 9. The molecule has 10 rings (SSSR count). The number of nitrogens with zero attached hydrogens (tertiary/aromatic N) is 1. The van der Waals surface area contributed by atoms with Gasteiger partial charge in [-0.3, -0.25) is 0 Å². The minimum Gasteiger partial charge on any atom is -0.310 e. The van der Waals surface area contributed by atoms with Gasteiger partial charge in [0.1, 0.15) is 0 Å². The maximum Gasteiger partial charge on any atom is 0.0468 e. The molecule has 0 aromatic heterocycles. The largest absolute Gasteiger partial charge is 0.310 e. The Labute approximate surface area is 292 Å². The van der Waals surface area contributed by atoms with Crippen LogP contribution in [-0.4, -0.2) is 0 Å². The topological polar surface area (TPSA) is 3.24 Å². The standard InChI is InChI=1S/C49H35N/c1-49(2)47-17-8-7-15-44(47)46-31-38(26-29-48(46)49)50(36-23-18-34(19-24-36)40-16-9-12-32-10-3-5-13-39(32)40)37-25-20-35-22-27-42-41-14-6-4-11-33(41)21-28-43(42)45(35)30-37/h3-31H,1-2H3. The fraction of sp³-hybridized carbons (Fsp3) is 0.0612. The van der Waals surface area contributed by atoms with Gasteiger partial charge in [0.25, 0.3) is 0 Å². The third-order valence-corrected chi connectivity index (χ3v) is 11.0. The first-order valence-electron chi connectivity index (χ1n) is 17.5. The number of hydrogen-bond donors (Lipinski definition) is 0. The molecule has 9 aromatic carbocycles.